The molecule has 0 aliphatic heterocycles. The van der Waals surface area contributed by atoms with E-state index in [0.29, 0.717) is 18.4 Å². The van der Waals surface area contributed by atoms with Gasteiger partial charge < -0.3 is 20.1 Å². The summed E-state index contributed by atoms with van der Waals surface area (Å²) in [6.07, 6.45) is 2.10. The minimum absolute atomic E-state index is 0.0436. The first-order valence-electron chi connectivity index (χ1n) is 8.19. The highest BCUT2D eigenvalue weighted by atomic mass is 16.5. The van der Waals surface area contributed by atoms with Crippen LogP contribution in [-0.4, -0.2) is 49.1 Å². The standard InChI is InChI=1S/C16H29N5O2/c1-6-12(7-2)14-9-13(23-20-14)10-18-16(17-8-3)19-11-15(22)21(4)5/h9,12H,6-8,10-11H2,1-5H3,(H2,17,18,19). The molecule has 1 rings (SSSR count). The number of likely N-dealkylation sites (N-methyl/N-ethyl adjacent to an activating group) is 1. The molecule has 1 aromatic rings. The molecule has 0 unspecified atom stereocenters. The zero-order valence-corrected chi connectivity index (χ0v) is 14.8. The Morgan fingerprint density at radius 3 is 2.57 bits per heavy atom. The molecule has 0 spiro atoms. The van der Waals surface area contributed by atoms with Gasteiger partial charge in [-0.3, -0.25) is 4.79 Å². The van der Waals surface area contributed by atoms with Crippen LogP contribution >= 0.6 is 0 Å². The van der Waals surface area contributed by atoms with E-state index in [1.165, 1.54) is 4.90 Å². The lowest BCUT2D eigenvalue weighted by Crippen LogP contribution is -2.38. The molecule has 2 N–H and O–H groups in total. The zero-order valence-electron chi connectivity index (χ0n) is 14.8. The van der Waals surface area contributed by atoms with Crippen LogP contribution in [0.2, 0.25) is 0 Å². The quantitative estimate of drug-likeness (QED) is 0.562. The van der Waals surface area contributed by atoms with E-state index in [1.54, 1.807) is 14.1 Å². The molecule has 1 heterocycles. The number of hydrogen-bond donors (Lipinski definition) is 2. The molecule has 23 heavy (non-hydrogen) atoms. The summed E-state index contributed by atoms with van der Waals surface area (Å²) in [6.45, 7) is 7.59. The Labute approximate surface area is 138 Å². The van der Waals surface area contributed by atoms with Crippen molar-refractivity contribution >= 4 is 11.9 Å². The molecule has 0 aromatic carbocycles. The SMILES string of the molecule is CCNC(=NCC(=O)N(C)C)NCc1cc(C(CC)CC)no1. The molecule has 0 saturated heterocycles. The summed E-state index contributed by atoms with van der Waals surface area (Å²) >= 11 is 0. The van der Waals surface area contributed by atoms with Gasteiger partial charge in [0.2, 0.25) is 5.91 Å². The monoisotopic (exact) mass is 323 g/mol. The number of amides is 1. The van der Waals surface area contributed by atoms with Crippen LogP contribution in [0.3, 0.4) is 0 Å². The number of carbonyl (C=O) groups excluding carboxylic acids is 1. The summed E-state index contributed by atoms with van der Waals surface area (Å²) < 4.78 is 5.37. The van der Waals surface area contributed by atoms with Crippen molar-refractivity contribution in [2.75, 3.05) is 27.2 Å². The Balaban J connectivity index is 2.61. The van der Waals surface area contributed by atoms with Crippen molar-refractivity contribution in [3.63, 3.8) is 0 Å². The van der Waals surface area contributed by atoms with E-state index in [4.69, 9.17) is 4.52 Å². The topological polar surface area (TPSA) is 82.8 Å². The maximum absolute atomic E-state index is 11.6. The fraction of sp³-hybridized carbons (Fsp3) is 0.688. The first kappa shape index (κ1) is 19.0. The number of nitrogens with zero attached hydrogens (tertiary/aromatic N) is 3. The lowest BCUT2D eigenvalue weighted by Gasteiger charge is -2.11. The van der Waals surface area contributed by atoms with E-state index in [-0.39, 0.29) is 12.5 Å². The van der Waals surface area contributed by atoms with E-state index in [0.717, 1.165) is 30.8 Å². The van der Waals surface area contributed by atoms with Gasteiger partial charge in [-0.1, -0.05) is 19.0 Å². The molecule has 0 fully saturated rings. The van der Waals surface area contributed by atoms with E-state index >= 15 is 0 Å². The van der Waals surface area contributed by atoms with E-state index in [9.17, 15) is 4.79 Å². The fourth-order valence-corrected chi connectivity index (χ4v) is 2.11. The summed E-state index contributed by atoms with van der Waals surface area (Å²) in [4.78, 5) is 17.4. The normalized spacial score (nSPS) is 11.7. The molecule has 7 heteroatoms. The van der Waals surface area contributed by atoms with Crippen molar-refractivity contribution in [1.82, 2.24) is 20.7 Å². The summed E-state index contributed by atoms with van der Waals surface area (Å²) in [7, 11) is 3.43. The summed E-state index contributed by atoms with van der Waals surface area (Å²) in [5, 5.41) is 10.4. The number of aromatic nitrogens is 1. The molecule has 0 bridgehead atoms. The van der Waals surface area contributed by atoms with Gasteiger partial charge in [0, 0.05) is 32.6 Å². The van der Waals surface area contributed by atoms with Gasteiger partial charge in [0.05, 0.1) is 12.2 Å². The van der Waals surface area contributed by atoms with Crippen LogP contribution in [-0.2, 0) is 11.3 Å². The van der Waals surface area contributed by atoms with Gasteiger partial charge in [-0.05, 0) is 19.8 Å². The predicted molar refractivity (Wildman–Crippen MR) is 91.3 cm³/mol. The highest BCUT2D eigenvalue weighted by molar-refractivity contribution is 5.84. The molecule has 0 atom stereocenters. The smallest absolute Gasteiger partial charge is 0.243 e. The van der Waals surface area contributed by atoms with Gasteiger partial charge in [0.1, 0.15) is 6.54 Å². The molecule has 0 aliphatic carbocycles. The Morgan fingerprint density at radius 2 is 2.00 bits per heavy atom. The van der Waals surface area contributed by atoms with Crippen molar-refractivity contribution in [1.29, 1.82) is 0 Å². The van der Waals surface area contributed by atoms with Crippen LogP contribution in [0.1, 0.15) is 51.0 Å². The van der Waals surface area contributed by atoms with Gasteiger partial charge in [-0.25, -0.2) is 4.99 Å². The Hall–Kier alpha value is -2.05. The first-order valence-corrected chi connectivity index (χ1v) is 8.19. The number of guanidine groups is 1. The Bertz CT molecular complexity index is 506. The number of carbonyl (C=O) groups is 1. The first-order chi connectivity index (χ1) is 11.0. The van der Waals surface area contributed by atoms with Crippen molar-refractivity contribution in [3.05, 3.63) is 17.5 Å². The minimum Gasteiger partial charge on any atom is -0.359 e. The van der Waals surface area contributed by atoms with Crippen molar-refractivity contribution in [2.45, 2.75) is 46.1 Å². The largest absolute Gasteiger partial charge is 0.359 e. The number of nitrogens with one attached hydrogen (secondary N) is 2. The summed E-state index contributed by atoms with van der Waals surface area (Å²) in [5.74, 6) is 1.74. The third-order valence-electron chi connectivity index (χ3n) is 3.63. The lowest BCUT2D eigenvalue weighted by atomic mass is 9.99. The number of rotatable bonds is 8. The number of hydrogen-bond acceptors (Lipinski definition) is 4. The summed E-state index contributed by atoms with van der Waals surface area (Å²) in [6, 6.07) is 1.99. The van der Waals surface area contributed by atoms with Gasteiger partial charge >= 0.3 is 0 Å². The molecular formula is C16H29N5O2. The second kappa shape index (κ2) is 9.86. The van der Waals surface area contributed by atoms with Crippen molar-refractivity contribution in [2.24, 2.45) is 4.99 Å². The highest BCUT2D eigenvalue weighted by Gasteiger charge is 2.13. The van der Waals surface area contributed by atoms with Crippen LogP contribution in [0, 0.1) is 0 Å². The lowest BCUT2D eigenvalue weighted by molar-refractivity contribution is -0.127. The molecule has 1 aromatic heterocycles. The molecule has 0 saturated carbocycles. The molecule has 0 aliphatic rings. The maximum atomic E-state index is 11.6. The molecule has 1 amide bonds. The summed E-state index contributed by atoms with van der Waals surface area (Å²) in [5.41, 5.74) is 0.997. The van der Waals surface area contributed by atoms with Crippen LogP contribution in [0.4, 0.5) is 0 Å². The van der Waals surface area contributed by atoms with E-state index in [1.807, 2.05) is 13.0 Å². The Morgan fingerprint density at radius 1 is 1.30 bits per heavy atom. The molecule has 7 nitrogen and oxygen atoms in total. The average Bonchev–Trinajstić information content (AvgIpc) is 2.99. The third kappa shape index (κ3) is 6.30. The van der Waals surface area contributed by atoms with E-state index in [2.05, 4.69) is 34.6 Å². The second-order valence-corrected chi connectivity index (χ2v) is 5.57. The molecular weight excluding hydrogens is 294 g/mol. The van der Waals surface area contributed by atoms with Crippen LogP contribution < -0.4 is 10.6 Å². The zero-order chi connectivity index (χ0) is 17.2. The maximum Gasteiger partial charge on any atom is 0.243 e. The Kier molecular flexibility index (Phi) is 8.15. The molecule has 0 radical (unpaired) electrons. The van der Waals surface area contributed by atoms with Gasteiger partial charge in [-0.2, -0.15) is 0 Å². The predicted octanol–water partition coefficient (Wildman–Crippen LogP) is 1.72. The second-order valence-electron chi connectivity index (χ2n) is 5.57. The van der Waals surface area contributed by atoms with Gasteiger partial charge in [-0.15, -0.1) is 0 Å². The third-order valence-corrected chi connectivity index (χ3v) is 3.63. The van der Waals surface area contributed by atoms with Crippen molar-refractivity contribution < 1.29 is 9.32 Å². The average molecular weight is 323 g/mol. The van der Waals surface area contributed by atoms with Crippen LogP contribution in [0.25, 0.3) is 0 Å². The fourth-order valence-electron chi connectivity index (χ4n) is 2.11. The van der Waals surface area contributed by atoms with Gasteiger partial charge in [0.25, 0.3) is 0 Å². The van der Waals surface area contributed by atoms with Crippen LogP contribution in [0.5, 0.6) is 0 Å². The number of aliphatic imine (C=N–C) groups is 1. The van der Waals surface area contributed by atoms with Crippen LogP contribution in [0.15, 0.2) is 15.6 Å². The van der Waals surface area contributed by atoms with Gasteiger partial charge in [0.15, 0.2) is 11.7 Å². The highest BCUT2D eigenvalue weighted by Crippen LogP contribution is 2.22. The van der Waals surface area contributed by atoms with E-state index < -0.39 is 0 Å². The molecule has 130 valence electrons. The van der Waals surface area contributed by atoms with Crippen molar-refractivity contribution in [3.8, 4) is 0 Å². The minimum atomic E-state index is -0.0436.